The minimum Gasteiger partial charge on any atom is -0.398 e. The van der Waals surface area contributed by atoms with Crippen molar-refractivity contribution in [2.75, 3.05) is 16.0 Å². The second-order valence-corrected chi connectivity index (χ2v) is 9.58. The average Bonchev–Trinajstić information content (AvgIpc) is 3.24. The fraction of sp³-hybridized carbons (Fsp3) is 0.414. The number of urea groups is 1. The molecule has 0 spiro atoms. The Bertz CT molecular complexity index is 1050. The molecule has 3 atom stereocenters. The molecule has 3 unspecified atom stereocenters. The van der Waals surface area contributed by atoms with Crippen molar-refractivity contribution in [3.63, 3.8) is 0 Å². The predicted molar refractivity (Wildman–Crippen MR) is 140 cm³/mol. The van der Waals surface area contributed by atoms with E-state index in [1.54, 1.807) is 0 Å². The second kappa shape index (κ2) is 9.86. The number of fused-ring (bicyclic) bond motifs is 1. The number of amides is 2. The van der Waals surface area contributed by atoms with Crippen molar-refractivity contribution < 1.29 is 4.79 Å². The minimum atomic E-state index is -0.0732. The summed E-state index contributed by atoms with van der Waals surface area (Å²) in [6.45, 7) is 8.59. The molecular weight excluding hydrogens is 406 g/mol. The highest BCUT2D eigenvalue weighted by Crippen LogP contribution is 2.41. The van der Waals surface area contributed by atoms with Crippen LogP contribution >= 0.6 is 0 Å². The number of carbonyl (C=O) groups excluding carboxylic acids is 1. The average molecular weight is 444 g/mol. The Morgan fingerprint density at radius 2 is 1.76 bits per heavy atom. The molecule has 0 bridgehead atoms. The van der Waals surface area contributed by atoms with Gasteiger partial charge in [0, 0.05) is 23.3 Å². The molecule has 1 saturated carbocycles. The van der Waals surface area contributed by atoms with Crippen molar-refractivity contribution in [3.05, 3.63) is 77.4 Å². The van der Waals surface area contributed by atoms with E-state index in [1.165, 1.54) is 5.56 Å². The number of rotatable bonds is 6. The number of nitrogens with zero attached hydrogens (tertiary/aromatic N) is 1. The molecule has 174 valence electrons. The smallest absolute Gasteiger partial charge is 0.326 e. The van der Waals surface area contributed by atoms with Crippen LogP contribution in [0.3, 0.4) is 0 Å². The fourth-order valence-corrected chi connectivity index (χ4v) is 5.42. The van der Waals surface area contributed by atoms with Gasteiger partial charge in [0.15, 0.2) is 0 Å². The van der Waals surface area contributed by atoms with Gasteiger partial charge in [0.05, 0.1) is 5.69 Å². The summed E-state index contributed by atoms with van der Waals surface area (Å²) in [7, 11) is 0. The fourth-order valence-electron chi connectivity index (χ4n) is 5.42. The van der Waals surface area contributed by atoms with Crippen LogP contribution in [0.1, 0.15) is 63.1 Å². The first kappa shape index (κ1) is 23.2. The van der Waals surface area contributed by atoms with Crippen LogP contribution < -0.4 is 16.0 Å². The van der Waals surface area contributed by atoms with Crippen molar-refractivity contribution >= 4 is 23.1 Å². The Hall–Kier alpha value is -3.01. The number of anilines is 3. The Balaban J connectivity index is 1.72. The first-order valence-electron chi connectivity index (χ1n) is 12.4. The quantitative estimate of drug-likeness (QED) is 0.469. The maximum Gasteiger partial charge on any atom is 0.326 e. The van der Waals surface area contributed by atoms with E-state index in [0.29, 0.717) is 17.8 Å². The monoisotopic (exact) mass is 443 g/mol. The summed E-state index contributed by atoms with van der Waals surface area (Å²) in [5.74, 6) is 1.28. The highest BCUT2D eigenvalue weighted by atomic mass is 16.2. The van der Waals surface area contributed by atoms with Gasteiger partial charge >= 0.3 is 6.03 Å². The molecule has 0 aromatic heterocycles. The van der Waals surface area contributed by atoms with E-state index < -0.39 is 0 Å². The summed E-state index contributed by atoms with van der Waals surface area (Å²) < 4.78 is 0. The lowest BCUT2D eigenvalue weighted by atomic mass is 9.89. The van der Waals surface area contributed by atoms with Gasteiger partial charge in [-0.1, -0.05) is 70.2 Å². The number of allylic oxidation sites excluding steroid dienone is 3. The molecule has 2 aliphatic rings. The summed E-state index contributed by atoms with van der Waals surface area (Å²) >= 11 is 0. The number of hydrogen-bond acceptors (Lipinski definition) is 2. The third-order valence-corrected chi connectivity index (χ3v) is 7.33. The topological polar surface area (TPSA) is 58.4 Å². The lowest BCUT2D eigenvalue weighted by Crippen LogP contribution is -2.45. The molecule has 2 aromatic rings. The summed E-state index contributed by atoms with van der Waals surface area (Å²) in [6.07, 6.45) is 12.5. The number of nitrogens with one attached hydrogen (secondary N) is 1. The maximum absolute atomic E-state index is 14.0. The van der Waals surface area contributed by atoms with Crippen molar-refractivity contribution in [1.82, 2.24) is 0 Å². The van der Waals surface area contributed by atoms with Gasteiger partial charge in [-0.15, -0.1) is 0 Å². The molecule has 0 aliphatic heterocycles. The largest absolute Gasteiger partial charge is 0.398 e. The molecule has 3 N–H and O–H groups in total. The number of nitrogens with two attached hydrogens (primary N) is 1. The van der Waals surface area contributed by atoms with E-state index in [2.05, 4.69) is 81.6 Å². The van der Waals surface area contributed by atoms with Gasteiger partial charge in [-0.2, -0.15) is 0 Å². The zero-order valence-corrected chi connectivity index (χ0v) is 20.3. The van der Waals surface area contributed by atoms with Crippen LogP contribution in [0.5, 0.6) is 0 Å². The van der Waals surface area contributed by atoms with Crippen molar-refractivity contribution in [3.8, 4) is 0 Å². The van der Waals surface area contributed by atoms with Gasteiger partial charge in [0.25, 0.3) is 0 Å². The first-order valence-corrected chi connectivity index (χ1v) is 12.4. The Labute approximate surface area is 198 Å². The van der Waals surface area contributed by atoms with Crippen LogP contribution in [0.4, 0.5) is 21.9 Å². The highest BCUT2D eigenvalue weighted by molar-refractivity contribution is 6.03. The number of benzene rings is 2. The third kappa shape index (κ3) is 4.57. The molecule has 0 heterocycles. The Kier molecular flexibility index (Phi) is 6.92. The summed E-state index contributed by atoms with van der Waals surface area (Å²) in [5.41, 5.74) is 12.3. The van der Waals surface area contributed by atoms with Crippen LogP contribution in [0.25, 0.3) is 0 Å². The van der Waals surface area contributed by atoms with Gasteiger partial charge in [-0.05, 0) is 72.4 Å². The van der Waals surface area contributed by atoms with Crippen LogP contribution in [-0.2, 0) is 12.8 Å². The maximum atomic E-state index is 14.0. The third-order valence-electron chi connectivity index (χ3n) is 7.33. The number of nitrogen functional groups attached to an aromatic ring is 1. The van der Waals surface area contributed by atoms with E-state index in [-0.39, 0.29) is 12.1 Å². The number of aryl methyl sites for hydroxylation is 1. The Morgan fingerprint density at radius 1 is 1.03 bits per heavy atom. The first-order chi connectivity index (χ1) is 15.9. The van der Waals surface area contributed by atoms with Crippen molar-refractivity contribution in [2.45, 2.75) is 65.3 Å². The van der Waals surface area contributed by atoms with E-state index in [1.807, 2.05) is 17.0 Å². The molecule has 4 heteroatoms. The van der Waals surface area contributed by atoms with Crippen LogP contribution in [-0.4, -0.2) is 12.1 Å². The van der Waals surface area contributed by atoms with Gasteiger partial charge in [-0.25, -0.2) is 4.79 Å². The molecule has 0 radical (unpaired) electrons. The molecule has 0 saturated heterocycles. The van der Waals surface area contributed by atoms with E-state index >= 15 is 0 Å². The highest BCUT2D eigenvalue weighted by Gasteiger charge is 2.40. The van der Waals surface area contributed by atoms with Crippen LogP contribution in [0.15, 0.2) is 60.7 Å². The molecule has 2 aliphatic carbocycles. The summed E-state index contributed by atoms with van der Waals surface area (Å²) in [4.78, 5) is 16.0. The lowest BCUT2D eigenvalue weighted by Gasteiger charge is -2.34. The number of carbonyl (C=O) groups is 1. The predicted octanol–water partition coefficient (Wildman–Crippen LogP) is 7.08. The zero-order valence-electron chi connectivity index (χ0n) is 20.3. The van der Waals surface area contributed by atoms with Gasteiger partial charge in [-0.3, -0.25) is 4.90 Å². The molecule has 4 rings (SSSR count). The normalized spacial score (nSPS) is 21.3. The van der Waals surface area contributed by atoms with Crippen LogP contribution in [0.2, 0.25) is 0 Å². The molecule has 1 fully saturated rings. The second-order valence-electron chi connectivity index (χ2n) is 9.58. The van der Waals surface area contributed by atoms with E-state index in [0.717, 1.165) is 53.9 Å². The van der Waals surface area contributed by atoms with Crippen molar-refractivity contribution in [2.24, 2.45) is 11.8 Å². The number of hydrogen-bond donors (Lipinski definition) is 2. The van der Waals surface area contributed by atoms with Crippen molar-refractivity contribution in [1.29, 1.82) is 0 Å². The summed E-state index contributed by atoms with van der Waals surface area (Å²) in [6, 6.07) is 12.5. The van der Waals surface area contributed by atoms with Gasteiger partial charge in [0.1, 0.15) is 0 Å². The molecule has 4 nitrogen and oxygen atoms in total. The molecule has 2 aromatic carbocycles. The standard InChI is InChI=1S/C29H37N3O/c1-5-20-13-17-26(30)24(6-2)28(20)31-29(33)32(23-15-11-21(12-16-23)19(3)4)27-18-14-22-9-7-8-10-25(22)27/h7-13,15-17,19,22,25,27H,5-6,14,18,30H2,1-4H3,(H,31,33). The molecule has 2 amide bonds. The van der Waals surface area contributed by atoms with E-state index in [9.17, 15) is 4.79 Å². The van der Waals surface area contributed by atoms with Gasteiger partial charge < -0.3 is 11.1 Å². The van der Waals surface area contributed by atoms with E-state index in [4.69, 9.17) is 5.73 Å². The lowest BCUT2D eigenvalue weighted by molar-refractivity contribution is 0.253. The van der Waals surface area contributed by atoms with Crippen LogP contribution in [0, 0.1) is 11.8 Å². The zero-order chi connectivity index (χ0) is 23.5. The van der Waals surface area contributed by atoms with Gasteiger partial charge in [0.2, 0.25) is 0 Å². The minimum absolute atomic E-state index is 0.0732. The summed E-state index contributed by atoms with van der Waals surface area (Å²) in [5, 5.41) is 3.30. The SMILES string of the molecule is CCc1ccc(N)c(CC)c1NC(=O)N(c1ccc(C(C)C)cc1)C1CCC2C=CC=CC21. The molecular formula is C29H37N3O. The Morgan fingerprint density at radius 3 is 2.42 bits per heavy atom. The molecule has 33 heavy (non-hydrogen) atoms.